The van der Waals surface area contributed by atoms with Crippen molar-refractivity contribution in [1.29, 1.82) is 0 Å². The summed E-state index contributed by atoms with van der Waals surface area (Å²) in [4.78, 5) is 0. The van der Waals surface area contributed by atoms with E-state index in [-0.39, 0.29) is 6.04 Å². The van der Waals surface area contributed by atoms with Crippen LogP contribution in [0.3, 0.4) is 0 Å². The molecule has 2 aromatic rings. The summed E-state index contributed by atoms with van der Waals surface area (Å²) in [5.41, 5.74) is 2.18. The van der Waals surface area contributed by atoms with Crippen LogP contribution >= 0.6 is 50.1 Å². The first kappa shape index (κ1) is 14.2. The summed E-state index contributed by atoms with van der Waals surface area (Å²) < 4.78 is 2.26. The molecule has 4 heteroatoms. The molecule has 94 valence electrons. The van der Waals surface area contributed by atoms with E-state index in [2.05, 4.69) is 62.9 Å². The molecule has 1 unspecified atom stereocenters. The van der Waals surface area contributed by atoms with E-state index in [1.54, 1.807) is 0 Å². The van der Waals surface area contributed by atoms with E-state index in [0.29, 0.717) is 0 Å². The molecule has 0 fully saturated rings. The first-order valence-electron chi connectivity index (χ1n) is 5.54. The molecule has 1 atom stereocenters. The van der Waals surface area contributed by atoms with Gasteiger partial charge in [0.05, 0.1) is 6.04 Å². The lowest BCUT2D eigenvalue weighted by Crippen LogP contribution is -2.07. The minimum atomic E-state index is 0.160. The Bertz CT molecular complexity index is 559. The second-order valence-corrected chi connectivity index (χ2v) is 6.52. The lowest BCUT2D eigenvalue weighted by atomic mass is 10.1. The van der Waals surface area contributed by atoms with Gasteiger partial charge in [0, 0.05) is 18.8 Å². The summed E-state index contributed by atoms with van der Waals surface area (Å²) >= 11 is 12.1. The van der Waals surface area contributed by atoms with Gasteiger partial charge in [-0.05, 0) is 75.3 Å². The number of rotatable bonds is 3. The molecule has 0 aromatic heterocycles. The van der Waals surface area contributed by atoms with Crippen molar-refractivity contribution in [3.8, 4) is 0 Å². The third kappa shape index (κ3) is 3.39. The Morgan fingerprint density at radius 1 is 1.22 bits per heavy atom. The van der Waals surface area contributed by atoms with E-state index in [1.807, 2.05) is 30.3 Å². The smallest absolute Gasteiger partial charge is 0.0500 e. The van der Waals surface area contributed by atoms with Gasteiger partial charge in [0.2, 0.25) is 0 Å². The van der Waals surface area contributed by atoms with E-state index < -0.39 is 0 Å². The maximum absolute atomic E-state index is 6.20. The number of halogens is 3. The van der Waals surface area contributed by atoms with Crippen LogP contribution in [-0.4, -0.2) is 0 Å². The molecule has 1 nitrogen and oxygen atoms in total. The van der Waals surface area contributed by atoms with Crippen molar-refractivity contribution in [1.82, 2.24) is 0 Å². The second kappa shape index (κ2) is 6.26. The third-order valence-electron chi connectivity index (χ3n) is 2.67. The van der Waals surface area contributed by atoms with Crippen LogP contribution in [0.15, 0.2) is 46.9 Å². The highest BCUT2D eigenvalue weighted by Crippen LogP contribution is 2.30. The summed E-state index contributed by atoms with van der Waals surface area (Å²) in [6.45, 7) is 2.10. The highest BCUT2D eigenvalue weighted by Gasteiger charge is 2.10. The highest BCUT2D eigenvalue weighted by atomic mass is 127. The van der Waals surface area contributed by atoms with Crippen molar-refractivity contribution in [3.05, 3.63) is 61.1 Å². The Morgan fingerprint density at radius 3 is 2.67 bits per heavy atom. The second-order valence-electron chi connectivity index (χ2n) is 4.01. The molecule has 2 aromatic carbocycles. The average Bonchev–Trinajstić information content (AvgIpc) is 2.34. The van der Waals surface area contributed by atoms with E-state index in [9.17, 15) is 0 Å². The first-order valence-corrected chi connectivity index (χ1v) is 7.79. The summed E-state index contributed by atoms with van der Waals surface area (Å²) in [5, 5.41) is 4.26. The maximum atomic E-state index is 6.20. The molecule has 0 aliphatic rings. The molecule has 0 bridgehead atoms. The van der Waals surface area contributed by atoms with E-state index in [0.717, 1.165) is 20.7 Å². The predicted octanol–water partition coefficient (Wildman–Crippen LogP) is 5.88. The largest absolute Gasteiger partial charge is 0.378 e. The fourth-order valence-corrected chi connectivity index (χ4v) is 2.90. The van der Waals surface area contributed by atoms with E-state index in [4.69, 9.17) is 11.6 Å². The number of hydrogen-bond acceptors (Lipinski definition) is 1. The zero-order chi connectivity index (χ0) is 13.1. The number of benzene rings is 2. The van der Waals surface area contributed by atoms with Gasteiger partial charge in [-0.1, -0.05) is 29.8 Å². The van der Waals surface area contributed by atoms with Crippen molar-refractivity contribution in [2.45, 2.75) is 13.0 Å². The molecule has 1 N–H and O–H groups in total. The number of hydrogen-bond donors (Lipinski definition) is 1. The highest BCUT2D eigenvalue weighted by molar-refractivity contribution is 14.1. The first-order chi connectivity index (χ1) is 8.58. The Balaban J connectivity index is 2.24. The third-order valence-corrected chi connectivity index (χ3v) is 4.38. The van der Waals surface area contributed by atoms with Crippen molar-refractivity contribution in [2.75, 3.05) is 5.32 Å². The van der Waals surface area contributed by atoms with Crippen molar-refractivity contribution >= 4 is 55.8 Å². The lowest BCUT2D eigenvalue weighted by Gasteiger charge is -2.18. The minimum absolute atomic E-state index is 0.160. The topological polar surface area (TPSA) is 12.0 Å². The molecule has 0 aliphatic heterocycles. The Labute approximate surface area is 134 Å². The SMILES string of the molecule is CC(Nc1cc(I)ccc1Br)c1ccccc1Cl. The Morgan fingerprint density at radius 2 is 1.94 bits per heavy atom. The lowest BCUT2D eigenvalue weighted by molar-refractivity contribution is 0.883. The summed E-state index contributed by atoms with van der Waals surface area (Å²) in [5.74, 6) is 0. The molecule has 0 spiro atoms. The number of anilines is 1. The van der Waals surface area contributed by atoms with Gasteiger partial charge in [-0.3, -0.25) is 0 Å². The van der Waals surface area contributed by atoms with Gasteiger partial charge in [-0.2, -0.15) is 0 Å². The van der Waals surface area contributed by atoms with Gasteiger partial charge >= 0.3 is 0 Å². The average molecular weight is 437 g/mol. The fraction of sp³-hybridized carbons (Fsp3) is 0.143. The quantitative estimate of drug-likeness (QED) is 0.593. The van der Waals surface area contributed by atoms with Crippen molar-refractivity contribution < 1.29 is 0 Å². The molecule has 0 saturated heterocycles. The molecule has 0 amide bonds. The Kier molecular flexibility index (Phi) is 4.92. The van der Waals surface area contributed by atoms with E-state index in [1.165, 1.54) is 3.57 Å². The molecule has 0 heterocycles. The molecular weight excluding hydrogens is 424 g/mol. The van der Waals surface area contributed by atoms with Gasteiger partial charge in [0.25, 0.3) is 0 Å². The zero-order valence-electron chi connectivity index (χ0n) is 9.75. The van der Waals surface area contributed by atoms with E-state index >= 15 is 0 Å². The summed E-state index contributed by atoms with van der Waals surface area (Å²) in [6, 6.07) is 14.3. The maximum Gasteiger partial charge on any atom is 0.0500 e. The fourth-order valence-electron chi connectivity index (χ4n) is 1.75. The molecule has 0 radical (unpaired) electrons. The molecular formula is C14H12BrClIN. The van der Waals surface area contributed by atoms with Gasteiger partial charge in [-0.15, -0.1) is 0 Å². The normalized spacial score (nSPS) is 12.2. The van der Waals surface area contributed by atoms with Crippen LogP contribution in [0.1, 0.15) is 18.5 Å². The summed E-state index contributed by atoms with van der Waals surface area (Å²) in [6.07, 6.45) is 0. The van der Waals surface area contributed by atoms with Crippen LogP contribution in [0, 0.1) is 3.57 Å². The molecule has 2 rings (SSSR count). The van der Waals surface area contributed by atoms with Gasteiger partial charge in [-0.25, -0.2) is 0 Å². The van der Waals surface area contributed by atoms with Crippen LogP contribution in [0.25, 0.3) is 0 Å². The Hall–Kier alpha value is -0.260. The van der Waals surface area contributed by atoms with Gasteiger partial charge in [0.15, 0.2) is 0 Å². The van der Waals surface area contributed by atoms with Gasteiger partial charge < -0.3 is 5.32 Å². The number of nitrogens with one attached hydrogen (secondary N) is 1. The molecule has 0 saturated carbocycles. The monoisotopic (exact) mass is 435 g/mol. The van der Waals surface area contributed by atoms with Crippen LogP contribution in [-0.2, 0) is 0 Å². The van der Waals surface area contributed by atoms with Crippen LogP contribution < -0.4 is 5.32 Å². The molecule has 18 heavy (non-hydrogen) atoms. The van der Waals surface area contributed by atoms with Crippen molar-refractivity contribution in [3.63, 3.8) is 0 Å². The standard InChI is InChI=1S/C14H12BrClIN/c1-9(11-4-2-3-5-13(11)16)18-14-8-10(17)6-7-12(14)15/h2-9,18H,1H3. The minimum Gasteiger partial charge on any atom is -0.378 e. The summed E-state index contributed by atoms with van der Waals surface area (Å²) in [7, 11) is 0. The predicted molar refractivity (Wildman–Crippen MR) is 90.3 cm³/mol. The van der Waals surface area contributed by atoms with Crippen LogP contribution in [0.4, 0.5) is 5.69 Å². The van der Waals surface area contributed by atoms with Gasteiger partial charge in [0.1, 0.15) is 0 Å². The molecule has 0 aliphatic carbocycles. The van der Waals surface area contributed by atoms with Crippen LogP contribution in [0.2, 0.25) is 5.02 Å². The van der Waals surface area contributed by atoms with Crippen molar-refractivity contribution in [2.24, 2.45) is 0 Å². The zero-order valence-corrected chi connectivity index (χ0v) is 14.3. The van der Waals surface area contributed by atoms with Crippen LogP contribution in [0.5, 0.6) is 0 Å².